The quantitative estimate of drug-likeness (QED) is 0.687. The highest BCUT2D eigenvalue weighted by Crippen LogP contribution is 2.28. The van der Waals surface area contributed by atoms with Crippen LogP contribution in [0.4, 0.5) is 0 Å². The van der Waals surface area contributed by atoms with E-state index in [9.17, 15) is 19.5 Å². The van der Waals surface area contributed by atoms with Crippen LogP contribution in [-0.4, -0.2) is 59.3 Å². The lowest BCUT2D eigenvalue weighted by atomic mass is 10.0. The minimum absolute atomic E-state index is 0.0760. The molecule has 0 radical (unpaired) electrons. The van der Waals surface area contributed by atoms with Crippen molar-refractivity contribution in [1.82, 2.24) is 15.4 Å². The fourth-order valence-electron chi connectivity index (χ4n) is 2.86. The Morgan fingerprint density at radius 3 is 2.88 bits per heavy atom. The van der Waals surface area contributed by atoms with Crippen molar-refractivity contribution in [2.75, 3.05) is 26.7 Å². The average Bonchev–Trinajstić information content (AvgIpc) is 3.32. The zero-order valence-corrected chi connectivity index (χ0v) is 15.1. The Labute approximate surface area is 152 Å². The minimum atomic E-state index is -1.25. The zero-order valence-electron chi connectivity index (χ0n) is 14.3. The monoisotopic (exact) mass is 381 g/mol. The summed E-state index contributed by atoms with van der Waals surface area (Å²) in [5.41, 5.74) is -2.00. The van der Waals surface area contributed by atoms with Crippen molar-refractivity contribution < 1.29 is 24.0 Å². The molecule has 9 nitrogen and oxygen atoms in total. The Hall–Kier alpha value is -2.59. The van der Waals surface area contributed by atoms with Gasteiger partial charge in [0.1, 0.15) is 16.9 Å². The summed E-state index contributed by atoms with van der Waals surface area (Å²) in [6.07, 6.45) is 0.322. The number of carbonyl (C=O) groups excluding carboxylic acids is 2. The number of methoxy groups -OCH3 is 1. The number of rotatable bonds is 5. The SMILES string of the molecule is COc1ccc(C(=O)N2CCC(O)(CNC(=O)c3c(C)o[nH]c3=O)C2)s1. The van der Waals surface area contributed by atoms with E-state index in [1.54, 1.807) is 12.1 Å². The number of β-amino-alcohol motifs (C(OH)–C–C–N with tert-alkyl or cyclic N) is 1. The van der Waals surface area contributed by atoms with Crippen molar-refractivity contribution >= 4 is 23.2 Å². The van der Waals surface area contributed by atoms with Crippen molar-refractivity contribution in [2.24, 2.45) is 0 Å². The van der Waals surface area contributed by atoms with Gasteiger partial charge in [0.15, 0.2) is 5.06 Å². The number of aliphatic hydroxyl groups is 1. The van der Waals surface area contributed by atoms with Crippen LogP contribution >= 0.6 is 11.3 Å². The molecule has 3 rings (SSSR count). The van der Waals surface area contributed by atoms with E-state index in [0.717, 1.165) is 0 Å². The molecule has 0 aliphatic carbocycles. The second kappa shape index (κ2) is 6.96. The number of H-pyrrole nitrogens is 1. The Kier molecular flexibility index (Phi) is 4.88. The predicted octanol–water partition coefficient (Wildman–Crippen LogP) is 0.353. The summed E-state index contributed by atoms with van der Waals surface area (Å²) in [5.74, 6) is -0.643. The van der Waals surface area contributed by atoms with Crippen molar-refractivity contribution in [2.45, 2.75) is 18.9 Å². The Morgan fingerprint density at radius 1 is 1.50 bits per heavy atom. The first-order valence-corrected chi connectivity index (χ1v) is 8.76. The van der Waals surface area contributed by atoms with Gasteiger partial charge in [0, 0.05) is 13.1 Å². The molecule has 26 heavy (non-hydrogen) atoms. The lowest BCUT2D eigenvalue weighted by Crippen LogP contribution is -2.46. The molecule has 1 aliphatic rings. The van der Waals surface area contributed by atoms with Crippen LogP contribution in [0.15, 0.2) is 21.5 Å². The second-order valence-electron chi connectivity index (χ2n) is 6.17. The molecular weight excluding hydrogens is 362 g/mol. The predicted molar refractivity (Wildman–Crippen MR) is 92.7 cm³/mol. The van der Waals surface area contributed by atoms with Crippen LogP contribution in [0, 0.1) is 6.92 Å². The number of amides is 2. The topological polar surface area (TPSA) is 125 Å². The van der Waals surface area contributed by atoms with E-state index in [1.165, 1.54) is 30.3 Å². The molecular formula is C16H19N3O6S. The molecule has 2 aromatic heterocycles. The standard InChI is InChI=1S/C16H19N3O6S/c1-9-12(14(21)18-25-9)13(20)17-7-16(23)5-6-19(8-16)15(22)10-3-4-11(24-2)26-10/h3-4,23H,5-8H2,1-2H3,(H,17,20)(H,18,21). The van der Waals surface area contributed by atoms with Crippen molar-refractivity contribution in [3.63, 3.8) is 0 Å². The van der Waals surface area contributed by atoms with Gasteiger partial charge in [-0.2, -0.15) is 5.16 Å². The van der Waals surface area contributed by atoms with E-state index >= 15 is 0 Å². The molecule has 0 spiro atoms. The van der Waals surface area contributed by atoms with Gasteiger partial charge in [0.25, 0.3) is 17.4 Å². The highest BCUT2D eigenvalue weighted by atomic mass is 32.1. The number of aromatic nitrogens is 1. The van der Waals surface area contributed by atoms with Crippen molar-refractivity contribution in [3.05, 3.63) is 38.7 Å². The third-order valence-electron chi connectivity index (χ3n) is 4.29. The Bertz CT molecular complexity index is 885. The number of likely N-dealkylation sites (tertiary alicyclic amines) is 1. The summed E-state index contributed by atoms with van der Waals surface area (Å²) in [6.45, 7) is 1.88. The van der Waals surface area contributed by atoms with E-state index in [-0.39, 0.29) is 30.3 Å². The number of nitrogens with one attached hydrogen (secondary N) is 2. The molecule has 1 saturated heterocycles. The summed E-state index contributed by atoms with van der Waals surface area (Å²) >= 11 is 1.23. The first-order valence-electron chi connectivity index (χ1n) is 7.95. The number of carbonyl (C=O) groups is 2. The number of aromatic amines is 1. The third kappa shape index (κ3) is 3.51. The number of thiophene rings is 1. The molecule has 3 N–H and O–H groups in total. The van der Waals surface area contributed by atoms with E-state index < -0.39 is 17.1 Å². The third-order valence-corrected chi connectivity index (χ3v) is 5.33. The first kappa shape index (κ1) is 18.2. The molecule has 0 aromatic carbocycles. The average molecular weight is 381 g/mol. The minimum Gasteiger partial charge on any atom is -0.487 e. The fraction of sp³-hybridized carbons (Fsp3) is 0.438. The van der Waals surface area contributed by atoms with Gasteiger partial charge in [-0.05, 0) is 25.5 Å². The fourth-order valence-corrected chi connectivity index (χ4v) is 3.64. The Balaban J connectivity index is 1.60. The van der Waals surface area contributed by atoms with Crippen molar-refractivity contribution in [1.29, 1.82) is 0 Å². The van der Waals surface area contributed by atoms with E-state index in [2.05, 4.69) is 10.5 Å². The molecule has 140 valence electrons. The maximum Gasteiger partial charge on any atom is 0.293 e. The van der Waals surface area contributed by atoms with Gasteiger partial charge in [-0.1, -0.05) is 11.3 Å². The van der Waals surface area contributed by atoms with Gasteiger partial charge in [-0.3, -0.25) is 14.4 Å². The second-order valence-corrected chi connectivity index (χ2v) is 7.22. The molecule has 1 unspecified atom stereocenters. The van der Waals surface area contributed by atoms with Crippen LogP contribution in [0.1, 0.15) is 32.2 Å². The van der Waals surface area contributed by atoms with E-state index in [0.29, 0.717) is 22.9 Å². The smallest absolute Gasteiger partial charge is 0.293 e. The zero-order chi connectivity index (χ0) is 18.9. The molecule has 1 fully saturated rings. The van der Waals surface area contributed by atoms with Crippen LogP contribution in [0.5, 0.6) is 5.06 Å². The van der Waals surface area contributed by atoms with Gasteiger partial charge in [0.05, 0.1) is 18.5 Å². The summed E-state index contributed by atoms with van der Waals surface area (Å²) in [4.78, 5) is 38.2. The molecule has 2 amide bonds. The summed E-state index contributed by atoms with van der Waals surface area (Å²) in [5, 5.41) is 15.9. The highest BCUT2D eigenvalue weighted by Gasteiger charge is 2.39. The molecule has 0 saturated carbocycles. The number of ether oxygens (including phenoxy) is 1. The molecule has 10 heteroatoms. The normalized spacial score (nSPS) is 19.6. The number of hydrogen-bond acceptors (Lipinski definition) is 7. The first-order chi connectivity index (χ1) is 12.3. The van der Waals surface area contributed by atoms with Gasteiger partial charge in [-0.25, -0.2) is 0 Å². The lowest BCUT2D eigenvalue weighted by Gasteiger charge is -2.23. The van der Waals surface area contributed by atoms with Crippen molar-refractivity contribution in [3.8, 4) is 5.06 Å². The van der Waals surface area contributed by atoms with Gasteiger partial charge in [0.2, 0.25) is 0 Å². The van der Waals surface area contributed by atoms with Crippen LogP contribution in [0.3, 0.4) is 0 Å². The summed E-state index contributed by atoms with van der Waals surface area (Å²) in [7, 11) is 1.53. The lowest BCUT2D eigenvalue weighted by molar-refractivity contribution is 0.0428. The van der Waals surface area contributed by atoms with Crippen LogP contribution in [0.25, 0.3) is 0 Å². The number of aryl methyl sites for hydroxylation is 1. The van der Waals surface area contributed by atoms with E-state index in [1.807, 2.05) is 0 Å². The van der Waals surface area contributed by atoms with Crippen LogP contribution < -0.4 is 15.6 Å². The molecule has 2 aromatic rings. The van der Waals surface area contributed by atoms with Gasteiger partial charge in [-0.15, -0.1) is 0 Å². The number of nitrogens with zero attached hydrogens (tertiary/aromatic N) is 1. The van der Waals surface area contributed by atoms with Gasteiger partial charge < -0.3 is 24.6 Å². The highest BCUT2D eigenvalue weighted by molar-refractivity contribution is 7.15. The molecule has 0 bridgehead atoms. The molecule has 3 heterocycles. The summed E-state index contributed by atoms with van der Waals surface area (Å²) < 4.78 is 9.88. The maximum atomic E-state index is 12.5. The summed E-state index contributed by atoms with van der Waals surface area (Å²) in [6, 6.07) is 3.39. The van der Waals surface area contributed by atoms with Gasteiger partial charge >= 0.3 is 0 Å². The molecule has 1 aliphatic heterocycles. The largest absolute Gasteiger partial charge is 0.487 e. The van der Waals surface area contributed by atoms with Crippen LogP contribution in [0.2, 0.25) is 0 Å². The Morgan fingerprint density at radius 2 is 2.27 bits per heavy atom. The number of hydrogen-bond donors (Lipinski definition) is 3. The van der Waals surface area contributed by atoms with E-state index in [4.69, 9.17) is 9.26 Å². The molecule has 1 atom stereocenters. The van der Waals surface area contributed by atoms with Crippen LogP contribution in [-0.2, 0) is 0 Å². The maximum absolute atomic E-state index is 12.5.